The van der Waals surface area contributed by atoms with Gasteiger partial charge in [0.05, 0.1) is 16.1 Å². The van der Waals surface area contributed by atoms with E-state index >= 15 is 0 Å². The Bertz CT molecular complexity index is 496. The molecule has 0 aliphatic carbocycles. The average Bonchev–Trinajstić information content (AvgIpc) is 2.61. The monoisotopic (exact) mass is 312 g/mol. The van der Waals surface area contributed by atoms with E-state index in [0.29, 0.717) is 11.7 Å². The maximum Gasteiger partial charge on any atom is 0.181 e. The van der Waals surface area contributed by atoms with Gasteiger partial charge >= 0.3 is 0 Å². The Morgan fingerprint density at radius 3 is 2.59 bits per heavy atom. The van der Waals surface area contributed by atoms with Gasteiger partial charge in [-0.3, -0.25) is 0 Å². The van der Waals surface area contributed by atoms with E-state index in [1.165, 1.54) is 16.9 Å². The smallest absolute Gasteiger partial charge is 0.181 e. The van der Waals surface area contributed by atoms with Gasteiger partial charge in [0.15, 0.2) is 5.13 Å². The first-order chi connectivity index (χ1) is 8.19. The van der Waals surface area contributed by atoms with Crippen molar-refractivity contribution < 1.29 is 4.74 Å². The molecule has 0 fully saturated rings. The molecule has 0 spiro atoms. The molecule has 0 saturated heterocycles. The molecule has 17 heavy (non-hydrogen) atoms. The van der Waals surface area contributed by atoms with E-state index in [1.807, 2.05) is 31.2 Å². The van der Waals surface area contributed by atoms with Crippen LogP contribution in [0.2, 0.25) is 0 Å². The normalized spacial score (nSPS) is 10.5. The molecule has 1 heterocycles. The number of aromatic nitrogens is 1. The molecule has 0 unspecified atom stereocenters. The van der Waals surface area contributed by atoms with Crippen LogP contribution in [0.4, 0.5) is 5.13 Å². The van der Waals surface area contributed by atoms with Crippen LogP contribution >= 0.6 is 27.3 Å². The van der Waals surface area contributed by atoms with E-state index in [9.17, 15) is 0 Å². The highest BCUT2D eigenvalue weighted by molar-refractivity contribution is 9.11. The van der Waals surface area contributed by atoms with Crippen molar-refractivity contribution >= 4 is 32.4 Å². The zero-order valence-electron chi connectivity index (χ0n) is 9.44. The van der Waals surface area contributed by atoms with Crippen molar-refractivity contribution in [1.29, 1.82) is 0 Å². The SMILES string of the molecule is CCOc1ccc(Cc2nc(N)sc2Br)cc1. The molecular formula is C12H13BrN2OS. The number of hydrogen-bond donors (Lipinski definition) is 1. The Balaban J connectivity index is 2.11. The van der Waals surface area contributed by atoms with Crippen molar-refractivity contribution in [2.45, 2.75) is 13.3 Å². The predicted octanol–water partition coefficient (Wildman–Crippen LogP) is 3.48. The van der Waals surface area contributed by atoms with Gasteiger partial charge in [0.25, 0.3) is 0 Å². The minimum absolute atomic E-state index is 0.595. The van der Waals surface area contributed by atoms with Crippen LogP contribution in [0.3, 0.4) is 0 Å². The lowest BCUT2D eigenvalue weighted by atomic mass is 10.1. The minimum Gasteiger partial charge on any atom is -0.494 e. The first-order valence-electron chi connectivity index (χ1n) is 5.31. The summed E-state index contributed by atoms with van der Waals surface area (Å²) >= 11 is 4.92. The van der Waals surface area contributed by atoms with Crippen LogP contribution in [0.25, 0.3) is 0 Å². The quantitative estimate of drug-likeness (QED) is 0.940. The highest BCUT2D eigenvalue weighted by Crippen LogP contribution is 2.28. The topological polar surface area (TPSA) is 48.1 Å². The van der Waals surface area contributed by atoms with Crippen LogP contribution < -0.4 is 10.5 Å². The van der Waals surface area contributed by atoms with Crippen LogP contribution in [-0.2, 0) is 6.42 Å². The number of benzene rings is 1. The van der Waals surface area contributed by atoms with Crippen LogP contribution in [-0.4, -0.2) is 11.6 Å². The van der Waals surface area contributed by atoms with Gasteiger partial charge in [-0.15, -0.1) is 0 Å². The second-order valence-corrected chi connectivity index (χ2v) is 5.87. The minimum atomic E-state index is 0.595. The van der Waals surface area contributed by atoms with E-state index in [-0.39, 0.29) is 0 Å². The van der Waals surface area contributed by atoms with Gasteiger partial charge in [0.1, 0.15) is 5.75 Å². The molecule has 90 valence electrons. The van der Waals surface area contributed by atoms with Crippen molar-refractivity contribution in [3.05, 3.63) is 39.3 Å². The van der Waals surface area contributed by atoms with Crippen LogP contribution in [0.1, 0.15) is 18.2 Å². The largest absolute Gasteiger partial charge is 0.494 e. The second kappa shape index (κ2) is 5.51. The molecule has 2 N–H and O–H groups in total. The highest BCUT2D eigenvalue weighted by atomic mass is 79.9. The third-order valence-corrected chi connectivity index (χ3v) is 3.93. The molecule has 0 atom stereocenters. The zero-order valence-corrected chi connectivity index (χ0v) is 11.8. The third kappa shape index (κ3) is 3.20. The molecular weight excluding hydrogens is 300 g/mol. The van der Waals surface area contributed by atoms with E-state index in [0.717, 1.165) is 21.7 Å². The number of nitrogen functional groups attached to an aromatic ring is 1. The molecule has 3 nitrogen and oxygen atoms in total. The standard InChI is InChI=1S/C12H13BrN2OS/c1-2-16-9-5-3-8(4-6-9)7-10-11(13)17-12(14)15-10/h3-6H,2,7H2,1H3,(H2,14,15). The number of ether oxygens (including phenoxy) is 1. The maximum absolute atomic E-state index is 5.65. The number of rotatable bonds is 4. The van der Waals surface area contributed by atoms with Crippen molar-refractivity contribution in [2.75, 3.05) is 12.3 Å². The summed E-state index contributed by atoms with van der Waals surface area (Å²) in [5.74, 6) is 0.896. The molecule has 0 radical (unpaired) electrons. The molecule has 0 aliphatic heterocycles. The number of anilines is 1. The molecule has 0 aliphatic rings. The van der Waals surface area contributed by atoms with E-state index in [2.05, 4.69) is 20.9 Å². The molecule has 0 amide bonds. The molecule has 2 aromatic rings. The van der Waals surface area contributed by atoms with Gasteiger partial charge in [0, 0.05) is 6.42 Å². The number of nitrogens with two attached hydrogens (primary N) is 1. The maximum atomic E-state index is 5.65. The molecule has 5 heteroatoms. The van der Waals surface area contributed by atoms with E-state index in [4.69, 9.17) is 10.5 Å². The van der Waals surface area contributed by atoms with Gasteiger partial charge in [-0.2, -0.15) is 0 Å². The summed E-state index contributed by atoms with van der Waals surface area (Å²) in [6, 6.07) is 8.05. The number of hydrogen-bond acceptors (Lipinski definition) is 4. The Hall–Kier alpha value is -1.07. The highest BCUT2D eigenvalue weighted by Gasteiger charge is 2.07. The Morgan fingerprint density at radius 2 is 2.06 bits per heavy atom. The third-order valence-electron chi connectivity index (χ3n) is 2.27. The summed E-state index contributed by atoms with van der Waals surface area (Å²) in [7, 11) is 0. The van der Waals surface area contributed by atoms with Gasteiger partial charge in [-0.1, -0.05) is 23.5 Å². The molecule has 1 aromatic heterocycles. The van der Waals surface area contributed by atoms with Crippen molar-refractivity contribution in [3.8, 4) is 5.75 Å². The number of thiazole rings is 1. The molecule has 2 rings (SSSR count). The van der Waals surface area contributed by atoms with Gasteiger partial charge in [0.2, 0.25) is 0 Å². The second-order valence-electron chi connectivity index (χ2n) is 3.53. The summed E-state index contributed by atoms with van der Waals surface area (Å²) in [6.45, 7) is 2.66. The molecule has 1 aromatic carbocycles. The zero-order chi connectivity index (χ0) is 12.3. The first-order valence-corrected chi connectivity index (χ1v) is 6.92. The van der Waals surface area contributed by atoms with Crippen molar-refractivity contribution in [2.24, 2.45) is 0 Å². The lowest BCUT2D eigenvalue weighted by molar-refractivity contribution is 0.340. The van der Waals surface area contributed by atoms with E-state index < -0.39 is 0 Å². The van der Waals surface area contributed by atoms with Crippen LogP contribution in [0.5, 0.6) is 5.75 Å². The van der Waals surface area contributed by atoms with Crippen molar-refractivity contribution in [3.63, 3.8) is 0 Å². The van der Waals surface area contributed by atoms with Gasteiger partial charge in [-0.25, -0.2) is 4.98 Å². The first kappa shape index (κ1) is 12.4. The number of halogens is 1. The summed E-state index contributed by atoms with van der Waals surface area (Å²) in [5.41, 5.74) is 7.83. The Labute approximate surface area is 113 Å². The number of nitrogens with zero attached hydrogens (tertiary/aromatic N) is 1. The average molecular weight is 313 g/mol. The van der Waals surface area contributed by atoms with Gasteiger partial charge in [-0.05, 0) is 40.5 Å². The van der Waals surface area contributed by atoms with Gasteiger partial charge < -0.3 is 10.5 Å². The summed E-state index contributed by atoms with van der Waals surface area (Å²) < 4.78 is 6.40. The summed E-state index contributed by atoms with van der Waals surface area (Å²) in [6.07, 6.45) is 0.778. The lowest BCUT2D eigenvalue weighted by Crippen LogP contribution is -1.93. The van der Waals surface area contributed by atoms with Crippen molar-refractivity contribution in [1.82, 2.24) is 4.98 Å². The predicted molar refractivity (Wildman–Crippen MR) is 74.6 cm³/mol. The summed E-state index contributed by atoms with van der Waals surface area (Å²) in [5, 5.41) is 0.595. The summed E-state index contributed by atoms with van der Waals surface area (Å²) in [4.78, 5) is 4.28. The van der Waals surface area contributed by atoms with Crippen LogP contribution in [0.15, 0.2) is 28.1 Å². The molecule has 0 saturated carbocycles. The molecule has 0 bridgehead atoms. The lowest BCUT2D eigenvalue weighted by Gasteiger charge is -2.04. The fourth-order valence-corrected chi connectivity index (χ4v) is 2.82. The Morgan fingerprint density at radius 1 is 1.35 bits per heavy atom. The van der Waals surface area contributed by atoms with Crippen LogP contribution in [0, 0.1) is 0 Å². The fraction of sp³-hybridized carbons (Fsp3) is 0.250. The van der Waals surface area contributed by atoms with E-state index in [1.54, 1.807) is 0 Å². The fourth-order valence-electron chi connectivity index (χ4n) is 1.52. The Kier molecular flexibility index (Phi) is 4.02.